The molecule has 1 aromatic heterocycles. The molecule has 26 heavy (non-hydrogen) atoms. The average Bonchev–Trinajstić information content (AvgIpc) is 3.31. The number of hydrogen-bond acceptors (Lipinski definition) is 5. The number of nitrogens with one attached hydrogen (secondary N) is 1. The Hall–Kier alpha value is -1.60. The van der Waals surface area contributed by atoms with Crippen molar-refractivity contribution < 1.29 is 4.52 Å². The topological polar surface area (TPSA) is 60.1 Å². The Morgan fingerprint density at radius 3 is 2.65 bits per heavy atom. The number of guanidine groups is 1. The van der Waals surface area contributed by atoms with Gasteiger partial charge in [-0.15, -0.1) is 0 Å². The second-order valence-electron chi connectivity index (χ2n) is 7.58. The smallest absolute Gasteiger partial charge is 0.193 e. The summed E-state index contributed by atoms with van der Waals surface area (Å²) in [6, 6.07) is 2.80. The van der Waals surface area contributed by atoms with Gasteiger partial charge in [-0.3, -0.25) is 9.89 Å². The number of rotatable bonds is 6. The highest BCUT2D eigenvalue weighted by atomic mass is 16.5. The summed E-state index contributed by atoms with van der Waals surface area (Å²) in [5.74, 6) is 1.91. The van der Waals surface area contributed by atoms with E-state index in [0.717, 1.165) is 69.3 Å². The highest BCUT2D eigenvalue weighted by Gasteiger charge is 2.21. The molecule has 3 rings (SSSR count). The van der Waals surface area contributed by atoms with Crippen LogP contribution in [0, 0.1) is 6.92 Å². The van der Waals surface area contributed by atoms with Crippen molar-refractivity contribution in [2.24, 2.45) is 4.99 Å². The Morgan fingerprint density at radius 1 is 1.31 bits per heavy atom. The molecular weight excluding hydrogens is 328 g/mol. The van der Waals surface area contributed by atoms with E-state index in [0.29, 0.717) is 0 Å². The van der Waals surface area contributed by atoms with Gasteiger partial charge in [0, 0.05) is 65.0 Å². The standard InChI is InChI=1S/C19H34N6O/c1-16-14-17(22-26-16)15-24-10-12-25(13-11-24)19(20-2)21-8-9-23(3)18-6-4-5-7-18/h14,18H,4-13,15H2,1-3H3,(H,20,21). The van der Waals surface area contributed by atoms with E-state index in [-0.39, 0.29) is 0 Å². The van der Waals surface area contributed by atoms with Gasteiger partial charge >= 0.3 is 0 Å². The van der Waals surface area contributed by atoms with Gasteiger partial charge in [-0.25, -0.2) is 0 Å². The van der Waals surface area contributed by atoms with Crippen molar-refractivity contribution in [2.75, 3.05) is 53.4 Å². The lowest BCUT2D eigenvalue weighted by atomic mass is 10.2. The summed E-state index contributed by atoms with van der Waals surface area (Å²) in [6.45, 7) is 8.87. The number of piperazine rings is 1. The molecule has 1 aliphatic heterocycles. The van der Waals surface area contributed by atoms with Crippen LogP contribution in [0.15, 0.2) is 15.6 Å². The maximum absolute atomic E-state index is 5.16. The number of aryl methyl sites for hydroxylation is 1. The first-order chi connectivity index (χ1) is 12.7. The maximum Gasteiger partial charge on any atom is 0.193 e. The van der Waals surface area contributed by atoms with Crippen LogP contribution in [0.3, 0.4) is 0 Å². The van der Waals surface area contributed by atoms with E-state index >= 15 is 0 Å². The van der Waals surface area contributed by atoms with E-state index in [1.165, 1.54) is 25.7 Å². The van der Waals surface area contributed by atoms with Crippen molar-refractivity contribution in [3.05, 3.63) is 17.5 Å². The van der Waals surface area contributed by atoms with E-state index in [9.17, 15) is 0 Å². The van der Waals surface area contributed by atoms with E-state index in [2.05, 4.69) is 37.2 Å². The summed E-state index contributed by atoms with van der Waals surface area (Å²) in [7, 11) is 4.14. The molecule has 7 nitrogen and oxygen atoms in total. The van der Waals surface area contributed by atoms with Crippen LogP contribution in [-0.4, -0.2) is 85.2 Å². The maximum atomic E-state index is 5.16. The Morgan fingerprint density at radius 2 is 2.04 bits per heavy atom. The molecule has 2 fully saturated rings. The van der Waals surface area contributed by atoms with Gasteiger partial charge in [0.25, 0.3) is 0 Å². The fourth-order valence-electron chi connectivity index (χ4n) is 4.04. The van der Waals surface area contributed by atoms with Gasteiger partial charge < -0.3 is 19.6 Å². The predicted octanol–water partition coefficient (Wildman–Crippen LogP) is 1.55. The molecule has 146 valence electrons. The summed E-state index contributed by atoms with van der Waals surface area (Å²) >= 11 is 0. The normalized spacial score (nSPS) is 20.3. The molecule has 1 saturated heterocycles. The van der Waals surface area contributed by atoms with Gasteiger partial charge in [0.2, 0.25) is 0 Å². The minimum Gasteiger partial charge on any atom is -0.361 e. The molecule has 1 aliphatic carbocycles. The Balaban J connectivity index is 1.37. The second-order valence-corrected chi connectivity index (χ2v) is 7.58. The number of likely N-dealkylation sites (N-methyl/N-ethyl adjacent to an activating group) is 1. The first kappa shape index (κ1) is 19.2. The molecule has 0 spiro atoms. The predicted molar refractivity (Wildman–Crippen MR) is 104 cm³/mol. The summed E-state index contributed by atoms with van der Waals surface area (Å²) in [5, 5.41) is 7.65. The lowest BCUT2D eigenvalue weighted by molar-refractivity contribution is 0.168. The number of hydrogen-bond donors (Lipinski definition) is 1. The quantitative estimate of drug-likeness (QED) is 0.612. The molecule has 1 saturated carbocycles. The summed E-state index contributed by atoms with van der Waals surface area (Å²) < 4.78 is 5.16. The monoisotopic (exact) mass is 362 g/mol. The van der Waals surface area contributed by atoms with Crippen LogP contribution < -0.4 is 5.32 Å². The first-order valence-corrected chi connectivity index (χ1v) is 9.96. The van der Waals surface area contributed by atoms with Crippen molar-refractivity contribution in [2.45, 2.75) is 45.2 Å². The summed E-state index contributed by atoms with van der Waals surface area (Å²) in [5.41, 5.74) is 1.02. The molecule has 7 heteroatoms. The Kier molecular flexibility index (Phi) is 6.91. The number of aliphatic imine (C=N–C) groups is 1. The third-order valence-electron chi connectivity index (χ3n) is 5.64. The molecule has 0 aromatic carbocycles. The van der Waals surface area contributed by atoms with Crippen molar-refractivity contribution in [1.82, 2.24) is 25.2 Å². The fourth-order valence-corrected chi connectivity index (χ4v) is 4.04. The van der Waals surface area contributed by atoms with Crippen LogP contribution in [0.2, 0.25) is 0 Å². The zero-order valence-corrected chi connectivity index (χ0v) is 16.6. The average molecular weight is 363 g/mol. The molecule has 2 heterocycles. The highest BCUT2D eigenvalue weighted by molar-refractivity contribution is 5.80. The second kappa shape index (κ2) is 9.37. The molecule has 1 N–H and O–H groups in total. The first-order valence-electron chi connectivity index (χ1n) is 9.96. The minimum absolute atomic E-state index is 0.780. The zero-order valence-electron chi connectivity index (χ0n) is 16.6. The molecule has 0 amide bonds. The summed E-state index contributed by atoms with van der Waals surface area (Å²) in [4.78, 5) is 11.8. The van der Waals surface area contributed by atoms with Crippen molar-refractivity contribution in [3.8, 4) is 0 Å². The number of aromatic nitrogens is 1. The third-order valence-corrected chi connectivity index (χ3v) is 5.64. The highest BCUT2D eigenvalue weighted by Crippen LogP contribution is 2.21. The van der Waals surface area contributed by atoms with Crippen LogP contribution in [-0.2, 0) is 6.54 Å². The summed E-state index contributed by atoms with van der Waals surface area (Å²) in [6.07, 6.45) is 5.50. The van der Waals surface area contributed by atoms with Gasteiger partial charge in [-0.2, -0.15) is 0 Å². The van der Waals surface area contributed by atoms with E-state index in [1.54, 1.807) is 0 Å². The van der Waals surface area contributed by atoms with Crippen molar-refractivity contribution in [3.63, 3.8) is 0 Å². The molecule has 0 atom stereocenters. The molecule has 0 bridgehead atoms. The Labute approximate surface area is 157 Å². The van der Waals surface area contributed by atoms with Crippen LogP contribution in [0.4, 0.5) is 0 Å². The zero-order chi connectivity index (χ0) is 18.4. The van der Waals surface area contributed by atoms with Crippen LogP contribution in [0.1, 0.15) is 37.1 Å². The van der Waals surface area contributed by atoms with E-state index in [4.69, 9.17) is 4.52 Å². The van der Waals surface area contributed by atoms with Crippen molar-refractivity contribution >= 4 is 5.96 Å². The van der Waals surface area contributed by atoms with Crippen LogP contribution in [0.5, 0.6) is 0 Å². The van der Waals surface area contributed by atoms with Gasteiger partial charge in [0.1, 0.15) is 5.76 Å². The van der Waals surface area contributed by atoms with Gasteiger partial charge in [0.15, 0.2) is 5.96 Å². The third kappa shape index (κ3) is 5.20. The van der Waals surface area contributed by atoms with Gasteiger partial charge in [-0.05, 0) is 26.8 Å². The minimum atomic E-state index is 0.780. The van der Waals surface area contributed by atoms with E-state index < -0.39 is 0 Å². The van der Waals surface area contributed by atoms with Crippen LogP contribution in [0.25, 0.3) is 0 Å². The van der Waals surface area contributed by atoms with E-state index in [1.807, 2.05) is 20.0 Å². The van der Waals surface area contributed by atoms with Crippen LogP contribution >= 0.6 is 0 Å². The van der Waals surface area contributed by atoms with Gasteiger partial charge in [0.05, 0.1) is 5.69 Å². The molecule has 0 unspecified atom stereocenters. The molecule has 2 aliphatic rings. The number of nitrogens with zero attached hydrogens (tertiary/aromatic N) is 5. The molecule has 1 aromatic rings. The SMILES string of the molecule is CN=C(NCCN(C)C1CCCC1)N1CCN(Cc2cc(C)on2)CC1. The van der Waals surface area contributed by atoms with Gasteiger partial charge in [-0.1, -0.05) is 18.0 Å². The lowest BCUT2D eigenvalue weighted by Gasteiger charge is -2.36. The molecular formula is C19H34N6O. The van der Waals surface area contributed by atoms with Crippen molar-refractivity contribution in [1.29, 1.82) is 0 Å². The fraction of sp³-hybridized carbons (Fsp3) is 0.789. The Bertz CT molecular complexity index is 572. The lowest BCUT2D eigenvalue weighted by Crippen LogP contribution is -2.53. The largest absolute Gasteiger partial charge is 0.361 e. The molecule has 0 radical (unpaired) electrons.